The fraction of sp³-hybridized carbons (Fsp3) is 0.133. The summed E-state index contributed by atoms with van der Waals surface area (Å²) in [5, 5.41) is 9.65. The number of halogens is 1. The fourth-order valence-electron chi connectivity index (χ4n) is 1.63. The number of benzene rings is 2. The number of thioether (sulfide) groups is 1. The van der Waals surface area contributed by atoms with Crippen molar-refractivity contribution in [3.05, 3.63) is 59.1 Å². The zero-order valence-corrected chi connectivity index (χ0v) is 12.2. The molecule has 0 saturated carbocycles. The maximum absolute atomic E-state index is 11.1. The Balaban J connectivity index is 1.88. The number of para-hydroxylation sites is 1. The summed E-state index contributed by atoms with van der Waals surface area (Å²) in [4.78, 5) is 11.8. The third-order valence-corrected chi connectivity index (χ3v) is 3.90. The van der Waals surface area contributed by atoms with Gasteiger partial charge < -0.3 is 9.84 Å². The standard InChI is InChI=1S/C15H13ClO3S/c16-12-6-2-3-7-13(12)19-9-10-20-14-8-4-1-5-11(14)15(17)18/h1-8H,9-10H2,(H,17,18). The third kappa shape index (κ3) is 3.92. The highest BCUT2D eigenvalue weighted by Crippen LogP contribution is 2.25. The summed E-state index contributed by atoms with van der Waals surface area (Å²) in [6.07, 6.45) is 0. The first-order chi connectivity index (χ1) is 9.68. The topological polar surface area (TPSA) is 46.5 Å². The van der Waals surface area contributed by atoms with Gasteiger partial charge in [0.25, 0.3) is 0 Å². The molecule has 0 bridgehead atoms. The van der Waals surface area contributed by atoms with Crippen LogP contribution in [0.5, 0.6) is 5.75 Å². The van der Waals surface area contributed by atoms with E-state index < -0.39 is 5.97 Å². The lowest BCUT2D eigenvalue weighted by molar-refractivity contribution is 0.0693. The van der Waals surface area contributed by atoms with Crippen LogP contribution in [0, 0.1) is 0 Å². The highest BCUT2D eigenvalue weighted by atomic mass is 35.5. The van der Waals surface area contributed by atoms with Crippen molar-refractivity contribution >= 4 is 29.3 Å². The predicted molar refractivity (Wildman–Crippen MR) is 81.1 cm³/mol. The number of carboxylic acid groups (broad SMARTS) is 1. The smallest absolute Gasteiger partial charge is 0.336 e. The molecule has 1 N–H and O–H groups in total. The van der Waals surface area contributed by atoms with Crippen LogP contribution < -0.4 is 4.74 Å². The van der Waals surface area contributed by atoms with Gasteiger partial charge >= 0.3 is 5.97 Å². The molecule has 0 aliphatic heterocycles. The van der Waals surface area contributed by atoms with Crippen LogP contribution in [0.25, 0.3) is 0 Å². The summed E-state index contributed by atoms with van der Waals surface area (Å²) in [6.45, 7) is 0.461. The molecule has 0 heterocycles. The van der Waals surface area contributed by atoms with E-state index in [4.69, 9.17) is 21.4 Å². The van der Waals surface area contributed by atoms with Crippen LogP contribution in [0.3, 0.4) is 0 Å². The van der Waals surface area contributed by atoms with E-state index in [0.29, 0.717) is 28.7 Å². The number of hydrogen-bond acceptors (Lipinski definition) is 3. The average Bonchev–Trinajstić information content (AvgIpc) is 2.45. The van der Waals surface area contributed by atoms with E-state index in [0.717, 1.165) is 4.90 Å². The second-order valence-electron chi connectivity index (χ2n) is 3.93. The first-order valence-electron chi connectivity index (χ1n) is 6.01. The van der Waals surface area contributed by atoms with Crippen molar-refractivity contribution < 1.29 is 14.6 Å². The van der Waals surface area contributed by atoms with Crippen molar-refractivity contribution in [1.29, 1.82) is 0 Å². The Labute approximate surface area is 126 Å². The predicted octanol–water partition coefficient (Wildman–Crippen LogP) is 4.21. The Kier molecular flexibility index (Phi) is 5.32. The molecule has 0 unspecified atom stereocenters. The molecule has 0 radical (unpaired) electrons. The van der Waals surface area contributed by atoms with Crippen LogP contribution >= 0.6 is 23.4 Å². The van der Waals surface area contributed by atoms with Gasteiger partial charge in [0, 0.05) is 10.6 Å². The summed E-state index contributed by atoms with van der Waals surface area (Å²) in [7, 11) is 0. The summed E-state index contributed by atoms with van der Waals surface area (Å²) in [5.41, 5.74) is 0.315. The van der Waals surface area contributed by atoms with E-state index in [1.807, 2.05) is 18.2 Å². The molecule has 0 saturated heterocycles. The third-order valence-electron chi connectivity index (χ3n) is 2.55. The number of rotatable bonds is 6. The van der Waals surface area contributed by atoms with Gasteiger partial charge in [-0.05, 0) is 24.3 Å². The molecule has 5 heteroatoms. The van der Waals surface area contributed by atoms with E-state index in [9.17, 15) is 4.79 Å². The number of hydrogen-bond donors (Lipinski definition) is 1. The fourth-order valence-corrected chi connectivity index (χ4v) is 2.70. The van der Waals surface area contributed by atoms with Gasteiger partial charge in [0.1, 0.15) is 5.75 Å². The zero-order chi connectivity index (χ0) is 14.4. The van der Waals surface area contributed by atoms with Gasteiger partial charge in [0.05, 0.1) is 17.2 Å². The monoisotopic (exact) mass is 308 g/mol. The van der Waals surface area contributed by atoms with Gasteiger partial charge in [-0.25, -0.2) is 4.79 Å². The minimum atomic E-state index is -0.917. The Bertz CT molecular complexity index is 601. The van der Waals surface area contributed by atoms with Gasteiger partial charge in [-0.2, -0.15) is 0 Å². The zero-order valence-electron chi connectivity index (χ0n) is 10.6. The van der Waals surface area contributed by atoms with Crippen LogP contribution in [0.15, 0.2) is 53.4 Å². The second kappa shape index (κ2) is 7.22. The van der Waals surface area contributed by atoms with Crippen LogP contribution in [0.4, 0.5) is 0 Å². The lowest BCUT2D eigenvalue weighted by Crippen LogP contribution is -2.03. The molecule has 3 nitrogen and oxygen atoms in total. The van der Waals surface area contributed by atoms with Crippen LogP contribution in [0.2, 0.25) is 5.02 Å². The number of ether oxygens (including phenoxy) is 1. The lowest BCUT2D eigenvalue weighted by atomic mass is 10.2. The first-order valence-corrected chi connectivity index (χ1v) is 7.37. The van der Waals surface area contributed by atoms with Gasteiger partial charge in [0.15, 0.2) is 0 Å². The van der Waals surface area contributed by atoms with Gasteiger partial charge in [-0.15, -0.1) is 11.8 Å². The molecule has 2 aromatic carbocycles. The summed E-state index contributed by atoms with van der Waals surface area (Å²) in [5.74, 6) is 0.372. The Morgan fingerprint density at radius 2 is 1.85 bits per heavy atom. The largest absolute Gasteiger partial charge is 0.491 e. The Hall–Kier alpha value is -1.65. The van der Waals surface area contributed by atoms with E-state index in [1.54, 1.807) is 30.3 Å². The summed E-state index contributed by atoms with van der Waals surface area (Å²) in [6, 6.07) is 14.2. The van der Waals surface area contributed by atoms with Crippen molar-refractivity contribution in [3.63, 3.8) is 0 Å². The SMILES string of the molecule is O=C(O)c1ccccc1SCCOc1ccccc1Cl. The van der Waals surface area contributed by atoms with Crippen molar-refractivity contribution in [2.75, 3.05) is 12.4 Å². The highest BCUT2D eigenvalue weighted by Gasteiger charge is 2.09. The molecular formula is C15H13ClO3S. The normalized spacial score (nSPS) is 10.2. The minimum Gasteiger partial charge on any atom is -0.491 e. The number of carbonyl (C=O) groups is 1. The molecule has 20 heavy (non-hydrogen) atoms. The lowest BCUT2D eigenvalue weighted by Gasteiger charge is -2.08. The number of aromatic carboxylic acids is 1. The highest BCUT2D eigenvalue weighted by molar-refractivity contribution is 7.99. The Morgan fingerprint density at radius 1 is 1.15 bits per heavy atom. The second-order valence-corrected chi connectivity index (χ2v) is 5.47. The minimum absolute atomic E-state index is 0.315. The molecule has 0 amide bonds. The van der Waals surface area contributed by atoms with Gasteiger partial charge in [0.2, 0.25) is 0 Å². The first kappa shape index (κ1) is 14.8. The number of carboxylic acids is 1. The van der Waals surface area contributed by atoms with Crippen LogP contribution in [-0.2, 0) is 0 Å². The van der Waals surface area contributed by atoms with Crippen molar-refractivity contribution in [1.82, 2.24) is 0 Å². The van der Waals surface area contributed by atoms with E-state index in [1.165, 1.54) is 11.8 Å². The van der Waals surface area contributed by atoms with E-state index in [-0.39, 0.29) is 0 Å². The van der Waals surface area contributed by atoms with Crippen molar-refractivity contribution in [2.24, 2.45) is 0 Å². The van der Waals surface area contributed by atoms with Gasteiger partial charge in [-0.1, -0.05) is 35.9 Å². The molecule has 0 aromatic heterocycles. The molecule has 2 aromatic rings. The summed E-state index contributed by atoms with van der Waals surface area (Å²) < 4.78 is 5.56. The maximum atomic E-state index is 11.1. The van der Waals surface area contributed by atoms with E-state index >= 15 is 0 Å². The average molecular weight is 309 g/mol. The Morgan fingerprint density at radius 3 is 2.60 bits per heavy atom. The van der Waals surface area contributed by atoms with Gasteiger partial charge in [-0.3, -0.25) is 0 Å². The molecule has 0 aliphatic rings. The molecule has 0 aliphatic carbocycles. The van der Waals surface area contributed by atoms with Crippen LogP contribution in [-0.4, -0.2) is 23.4 Å². The molecule has 0 fully saturated rings. The van der Waals surface area contributed by atoms with Crippen molar-refractivity contribution in [2.45, 2.75) is 4.90 Å². The van der Waals surface area contributed by atoms with E-state index in [2.05, 4.69) is 0 Å². The molecule has 0 spiro atoms. The quantitative estimate of drug-likeness (QED) is 0.641. The maximum Gasteiger partial charge on any atom is 0.336 e. The molecule has 0 atom stereocenters. The molecular weight excluding hydrogens is 296 g/mol. The summed E-state index contributed by atoms with van der Waals surface area (Å²) >= 11 is 7.43. The molecule has 2 rings (SSSR count). The molecule has 104 valence electrons. The van der Waals surface area contributed by atoms with Crippen molar-refractivity contribution in [3.8, 4) is 5.75 Å². The van der Waals surface area contributed by atoms with Crippen LogP contribution in [0.1, 0.15) is 10.4 Å².